The van der Waals surface area contributed by atoms with Crippen molar-refractivity contribution >= 4 is 11.6 Å². The molecule has 0 aliphatic rings. The van der Waals surface area contributed by atoms with Crippen molar-refractivity contribution in [3.05, 3.63) is 30.2 Å². The number of guanidine groups is 1. The van der Waals surface area contributed by atoms with Gasteiger partial charge in [0, 0.05) is 25.2 Å². The third-order valence-electron chi connectivity index (χ3n) is 2.66. The molecule has 6 nitrogen and oxygen atoms in total. The molecule has 0 aliphatic heterocycles. The molecule has 2 heterocycles. The molecule has 0 atom stereocenters. The lowest BCUT2D eigenvalue weighted by molar-refractivity contribution is 0.715. The van der Waals surface area contributed by atoms with Gasteiger partial charge in [0.15, 0.2) is 11.6 Å². The standard InChI is InChI=1S/C13H20N6/c1-10(2)16-13(14)15-8-5-7-12-18-17-11-6-3-4-9-19(11)12/h3-4,6,9-10H,5,7-8H2,1-2H3,(H3,14,15,16). The first-order valence-corrected chi connectivity index (χ1v) is 6.52. The first-order valence-electron chi connectivity index (χ1n) is 6.52. The Kier molecular flexibility index (Phi) is 4.33. The Balaban J connectivity index is 1.86. The molecule has 0 aliphatic carbocycles. The first-order chi connectivity index (χ1) is 9.16. The van der Waals surface area contributed by atoms with Gasteiger partial charge in [-0.1, -0.05) is 6.07 Å². The summed E-state index contributed by atoms with van der Waals surface area (Å²) in [5.74, 6) is 1.46. The molecule has 0 saturated heterocycles. The zero-order chi connectivity index (χ0) is 13.7. The number of hydrogen-bond acceptors (Lipinski definition) is 3. The molecule has 2 aromatic heterocycles. The smallest absolute Gasteiger partial charge is 0.188 e. The van der Waals surface area contributed by atoms with Gasteiger partial charge in [-0.15, -0.1) is 10.2 Å². The largest absolute Gasteiger partial charge is 0.370 e. The van der Waals surface area contributed by atoms with Crippen LogP contribution in [0, 0.1) is 0 Å². The first kappa shape index (κ1) is 13.3. The average Bonchev–Trinajstić information content (AvgIpc) is 2.77. The van der Waals surface area contributed by atoms with Gasteiger partial charge in [-0.25, -0.2) is 0 Å². The van der Waals surface area contributed by atoms with Crippen LogP contribution in [0.3, 0.4) is 0 Å². The van der Waals surface area contributed by atoms with Gasteiger partial charge < -0.3 is 11.1 Å². The number of nitrogens with one attached hydrogen (secondary N) is 1. The molecule has 102 valence electrons. The van der Waals surface area contributed by atoms with E-state index in [0.717, 1.165) is 24.3 Å². The van der Waals surface area contributed by atoms with Gasteiger partial charge in [0.05, 0.1) is 0 Å². The highest BCUT2D eigenvalue weighted by Crippen LogP contribution is 2.04. The van der Waals surface area contributed by atoms with E-state index in [4.69, 9.17) is 5.73 Å². The lowest BCUT2D eigenvalue weighted by Crippen LogP contribution is -2.36. The lowest BCUT2D eigenvalue weighted by Gasteiger charge is -2.08. The van der Waals surface area contributed by atoms with Crippen LogP contribution in [-0.2, 0) is 6.42 Å². The number of fused-ring (bicyclic) bond motifs is 1. The number of aryl methyl sites for hydroxylation is 1. The summed E-state index contributed by atoms with van der Waals surface area (Å²) in [6.07, 6.45) is 3.71. The molecule has 0 aromatic carbocycles. The zero-order valence-electron chi connectivity index (χ0n) is 11.4. The summed E-state index contributed by atoms with van der Waals surface area (Å²) in [7, 11) is 0. The third-order valence-corrected chi connectivity index (χ3v) is 2.66. The van der Waals surface area contributed by atoms with Crippen LogP contribution in [0.1, 0.15) is 26.1 Å². The minimum Gasteiger partial charge on any atom is -0.370 e. The van der Waals surface area contributed by atoms with E-state index >= 15 is 0 Å². The number of hydrogen-bond donors (Lipinski definition) is 2. The summed E-state index contributed by atoms with van der Waals surface area (Å²) < 4.78 is 2.00. The number of aliphatic imine (C=N–C) groups is 1. The summed E-state index contributed by atoms with van der Waals surface area (Å²) in [4.78, 5) is 4.27. The molecule has 3 N–H and O–H groups in total. The van der Waals surface area contributed by atoms with Crippen molar-refractivity contribution in [1.29, 1.82) is 0 Å². The maximum atomic E-state index is 5.73. The summed E-state index contributed by atoms with van der Waals surface area (Å²) in [5.41, 5.74) is 6.61. The maximum absolute atomic E-state index is 5.73. The molecular weight excluding hydrogens is 240 g/mol. The fourth-order valence-electron chi connectivity index (χ4n) is 1.84. The van der Waals surface area contributed by atoms with Gasteiger partial charge in [0.25, 0.3) is 0 Å². The molecule has 19 heavy (non-hydrogen) atoms. The summed E-state index contributed by atoms with van der Waals surface area (Å²) >= 11 is 0. The van der Waals surface area contributed by atoms with Gasteiger partial charge in [-0.3, -0.25) is 9.39 Å². The van der Waals surface area contributed by atoms with E-state index in [-0.39, 0.29) is 0 Å². The molecular formula is C13H20N6. The maximum Gasteiger partial charge on any atom is 0.188 e. The Morgan fingerprint density at radius 3 is 3.05 bits per heavy atom. The van der Waals surface area contributed by atoms with E-state index in [1.807, 2.05) is 42.6 Å². The van der Waals surface area contributed by atoms with Crippen molar-refractivity contribution < 1.29 is 0 Å². The molecule has 0 radical (unpaired) electrons. The molecule has 0 saturated carbocycles. The summed E-state index contributed by atoms with van der Waals surface area (Å²) in [6.45, 7) is 4.75. The number of aromatic nitrogens is 3. The topological polar surface area (TPSA) is 80.6 Å². The van der Waals surface area contributed by atoms with E-state index in [1.54, 1.807) is 0 Å². The highest BCUT2D eigenvalue weighted by Gasteiger charge is 2.03. The minimum absolute atomic E-state index is 0.309. The lowest BCUT2D eigenvalue weighted by atomic mass is 10.3. The predicted octanol–water partition coefficient (Wildman–Crippen LogP) is 0.975. The summed E-state index contributed by atoms with van der Waals surface area (Å²) in [6, 6.07) is 6.18. The van der Waals surface area contributed by atoms with E-state index in [9.17, 15) is 0 Å². The quantitative estimate of drug-likeness (QED) is 0.477. The van der Waals surface area contributed by atoms with Crippen molar-refractivity contribution in [3.8, 4) is 0 Å². The Morgan fingerprint density at radius 1 is 1.42 bits per heavy atom. The molecule has 0 bridgehead atoms. The van der Waals surface area contributed by atoms with Crippen molar-refractivity contribution in [3.63, 3.8) is 0 Å². The highest BCUT2D eigenvalue weighted by atomic mass is 15.2. The fraction of sp³-hybridized carbons (Fsp3) is 0.462. The van der Waals surface area contributed by atoms with Crippen LogP contribution in [0.15, 0.2) is 29.4 Å². The second-order valence-corrected chi connectivity index (χ2v) is 4.71. The van der Waals surface area contributed by atoms with Crippen molar-refractivity contribution in [2.45, 2.75) is 32.7 Å². The van der Waals surface area contributed by atoms with Crippen LogP contribution in [0.25, 0.3) is 5.65 Å². The van der Waals surface area contributed by atoms with Gasteiger partial charge in [0.2, 0.25) is 0 Å². The Morgan fingerprint density at radius 2 is 2.26 bits per heavy atom. The number of rotatable bonds is 5. The molecule has 6 heteroatoms. The predicted molar refractivity (Wildman–Crippen MR) is 76.1 cm³/mol. The number of nitrogens with two attached hydrogens (primary N) is 1. The SMILES string of the molecule is CC(C)NC(N)=NCCCc1nnc2ccccn12. The van der Waals surface area contributed by atoms with Crippen LogP contribution in [0.4, 0.5) is 0 Å². The molecule has 2 aromatic rings. The van der Waals surface area contributed by atoms with Crippen molar-refractivity contribution in [2.75, 3.05) is 6.54 Å². The van der Waals surface area contributed by atoms with Gasteiger partial charge in [-0.2, -0.15) is 0 Å². The molecule has 0 spiro atoms. The second kappa shape index (κ2) is 6.17. The van der Waals surface area contributed by atoms with Crippen LogP contribution >= 0.6 is 0 Å². The van der Waals surface area contributed by atoms with Gasteiger partial charge in [-0.05, 0) is 32.4 Å². The van der Waals surface area contributed by atoms with E-state index < -0.39 is 0 Å². The van der Waals surface area contributed by atoms with Crippen molar-refractivity contribution in [2.24, 2.45) is 10.7 Å². The molecule has 0 fully saturated rings. The molecule has 0 unspecified atom stereocenters. The van der Waals surface area contributed by atoms with E-state index in [0.29, 0.717) is 18.5 Å². The second-order valence-electron chi connectivity index (χ2n) is 4.71. The Bertz CT molecular complexity index is 557. The fourth-order valence-corrected chi connectivity index (χ4v) is 1.84. The molecule has 2 rings (SSSR count). The van der Waals surface area contributed by atoms with Gasteiger partial charge in [0.1, 0.15) is 5.82 Å². The molecule has 0 amide bonds. The van der Waals surface area contributed by atoms with Gasteiger partial charge >= 0.3 is 0 Å². The Hall–Kier alpha value is -2.11. The monoisotopic (exact) mass is 260 g/mol. The average molecular weight is 260 g/mol. The number of pyridine rings is 1. The highest BCUT2D eigenvalue weighted by molar-refractivity contribution is 5.78. The van der Waals surface area contributed by atoms with Crippen LogP contribution in [0.5, 0.6) is 0 Å². The normalized spacial score (nSPS) is 12.3. The summed E-state index contributed by atoms with van der Waals surface area (Å²) in [5, 5.41) is 11.4. The van der Waals surface area contributed by atoms with E-state index in [2.05, 4.69) is 20.5 Å². The Labute approximate surface area is 112 Å². The van der Waals surface area contributed by atoms with Crippen molar-refractivity contribution in [1.82, 2.24) is 19.9 Å². The van der Waals surface area contributed by atoms with E-state index in [1.165, 1.54) is 0 Å². The van der Waals surface area contributed by atoms with Crippen LogP contribution in [-0.4, -0.2) is 33.1 Å². The third kappa shape index (κ3) is 3.67. The zero-order valence-corrected chi connectivity index (χ0v) is 11.4. The number of nitrogens with zero attached hydrogens (tertiary/aromatic N) is 4. The minimum atomic E-state index is 0.309. The van der Waals surface area contributed by atoms with Crippen LogP contribution in [0.2, 0.25) is 0 Å². The van der Waals surface area contributed by atoms with Crippen LogP contribution < -0.4 is 11.1 Å².